The van der Waals surface area contributed by atoms with E-state index in [1.165, 1.54) is 6.39 Å². The number of aryl methyl sites for hydroxylation is 1. The predicted octanol–water partition coefficient (Wildman–Crippen LogP) is 5.14. The molecule has 1 N–H and O–H groups in total. The first kappa shape index (κ1) is 18.6. The highest BCUT2D eigenvalue weighted by atomic mass is 35.5. The Hall–Kier alpha value is -3.71. The third kappa shape index (κ3) is 4.09. The van der Waals surface area contributed by atoms with Crippen LogP contribution in [0.5, 0.6) is 11.8 Å². The van der Waals surface area contributed by atoms with Crippen LogP contribution in [-0.2, 0) is 0 Å². The molecule has 7 nitrogen and oxygen atoms in total. The summed E-state index contributed by atoms with van der Waals surface area (Å²) < 4.78 is 11.0. The van der Waals surface area contributed by atoms with Gasteiger partial charge in [-0.05, 0) is 48.9 Å². The number of nitrogens with one attached hydrogen (secondary N) is 1. The van der Waals surface area contributed by atoms with E-state index < -0.39 is 5.91 Å². The van der Waals surface area contributed by atoms with E-state index in [1.54, 1.807) is 54.9 Å². The van der Waals surface area contributed by atoms with E-state index in [2.05, 4.69) is 20.3 Å². The highest BCUT2D eigenvalue weighted by Gasteiger charge is 2.20. The maximum Gasteiger partial charge on any atom is 0.321 e. The van der Waals surface area contributed by atoms with Crippen LogP contribution < -0.4 is 10.1 Å². The summed E-state index contributed by atoms with van der Waals surface area (Å²) in [6.07, 6.45) is 4.41. The fourth-order valence-electron chi connectivity index (χ4n) is 2.71. The highest BCUT2D eigenvalue weighted by Crippen LogP contribution is 2.31. The molecule has 29 heavy (non-hydrogen) atoms. The Balaban J connectivity index is 1.54. The van der Waals surface area contributed by atoms with Crippen molar-refractivity contribution in [1.29, 1.82) is 0 Å². The molecule has 1 amide bonds. The second-order valence-electron chi connectivity index (χ2n) is 6.07. The van der Waals surface area contributed by atoms with Gasteiger partial charge in [-0.15, -0.1) is 0 Å². The highest BCUT2D eigenvalue weighted by molar-refractivity contribution is 6.33. The van der Waals surface area contributed by atoms with E-state index in [-0.39, 0.29) is 11.7 Å². The third-order valence-corrected chi connectivity index (χ3v) is 4.43. The zero-order valence-electron chi connectivity index (χ0n) is 15.3. The molecule has 2 aromatic carbocycles. The average Bonchev–Trinajstić information content (AvgIpc) is 3.21. The summed E-state index contributed by atoms with van der Waals surface area (Å²) in [6.45, 7) is 1.85. The van der Waals surface area contributed by atoms with Crippen molar-refractivity contribution in [2.24, 2.45) is 0 Å². The van der Waals surface area contributed by atoms with Crippen molar-refractivity contribution in [3.63, 3.8) is 0 Å². The van der Waals surface area contributed by atoms with Gasteiger partial charge >= 0.3 is 6.01 Å². The minimum atomic E-state index is -0.406. The summed E-state index contributed by atoms with van der Waals surface area (Å²) in [5.41, 5.74) is 2.16. The molecule has 0 bridgehead atoms. The van der Waals surface area contributed by atoms with Crippen molar-refractivity contribution >= 4 is 23.2 Å². The van der Waals surface area contributed by atoms with Crippen LogP contribution in [0.3, 0.4) is 0 Å². The normalized spacial score (nSPS) is 10.6. The number of oxazole rings is 1. The lowest BCUT2D eigenvalue weighted by Crippen LogP contribution is -2.14. The van der Waals surface area contributed by atoms with Gasteiger partial charge in [0, 0.05) is 23.6 Å². The van der Waals surface area contributed by atoms with Crippen LogP contribution in [0.1, 0.15) is 16.1 Å². The first-order valence-corrected chi connectivity index (χ1v) is 9.05. The number of amides is 1. The molecule has 144 valence electrons. The van der Waals surface area contributed by atoms with E-state index in [9.17, 15) is 4.79 Å². The van der Waals surface area contributed by atoms with Crippen LogP contribution >= 0.6 is 11.6 Å². The second-order valence-corrected chi connectivity index (χ2v) is 6.48. The predicted molar refractivity (Wildman–Crippen MR) is 108 cm³/mol. The molecule has 0 aliphatic heterocycles. The molecule has 0 radical (unpaired) electrons. The Morgan fingerprint density at radius 2 is 1.86 bits per heavy atom. The maximum atomic E-state index is 12.8. The number of nitrogens with zero attached hydrogens (tertiary/aromatic N) is 3. The topological polar surface area (TPSA) is 90.1 Å². The Bertz CT molecular complexity index is 1160. The lowest BCUT2D eigenvalue weighted by Gasteiger charge is -2.10. The number of hydrogen-bond acceptors (Lipinski definition) is 6. The lowest BCUT2D eigenvalue weighted by atomic mass is 10.1. The summed E-state index contributed by atoms with van der Waals surface area (Å²) in [5.74, 6) is 0.466. The summed E-state index contributed by atoms with van der Waals surface area (Å²) in [7, 11) is 0. The molecule has 0 aliphatic rings. The molecular formula is C21H15ClN4O3. The van der Waals surface area contributed by atoms with E-state index in [0.717, 1.165) is 5.56 Å². The Kier molecular flexibility index (Phi) is 5.22. The van der Waals surface area contributed by atoms with Gasteiger partial charge in [0.1, 0.15) is 5.75 Å². The van der Waals surface area contributed by atoms with Crippen LogP contribution in [0, 0.1) is 6.92 Å². The monoisotopic (exact) mass is 406 g/mol. The molecule has 0 aliphatic carbocycles. The number of hydrogen-bond donors (Lipinski definition) is 1. The van der Waals surface area contributed by atoms with E-state index in [0.29, 0.717) is 27.8 Å². The van der Waals surface area contributed by atoms with Crippen LogP contribution in [0.15, 0.2) is 71.7 Å². The first-order valence-electron chi connectivity index (χ1n) is 8.67. The van der Waals surface area contributed by atoms with Crippen molar-refractivity contribution < 1.29 is 13.9 Å². The van der Waals surface area contributed by atoms with Gasteiger partial charge in [0.15, 0.2) is 17.8 Å². The zero-order chi connectivity index (χ0) is 20.2. The quantitative estimate of drug-likeness (QED) is 0.493. The summed E-state index contributed by atoms with van der Waals surface area (Å²) in [4.78, 5) is 24.9. The minimum Gasteiger partial charge on any atom is -0.443 e. The fourth-order valence-corrected chi connectivity index (χ4v) is 2.93. The van der Waals surface area contributed by atoms with Gasteiger partial charge in [0.2, 0.25) is 0 Å². The second kappa shape index (κ2) is 8.12. The SMILES string of the molecule is Cc1cc(Oc2ncccn2)ccc1NC(=O)c1ncoc1-c1ccccc1Cl. The Morgan fingerprint density at radius 1 is 1.07 bits per heavy atom. The van der Waals surface area contributed by atoms with E-state index in [1.807, 2.05) is 13.0 Å². The van der Waals surface area contributed by atoms with Gasteiger partial charge in [-0.1, -0.05) is 23.7 Å². The van der Waals surface area contributed by atoms with Gasteiger partial charge in [0.05, 0.1) is 5.02 Å². The molecule has 0 unspecified atom stereocenters. The number of anilines is 1. The number of aromatic nitrogens is 3. The average molecular weight is 407 g/mol. The van der Waals surface area contributed by atoms with Crippen molar-refractivity contribution in [3.8, 4) is 23.1 Å². The standard InChI is InChI=1S/C21H15ClN4O3/c1-13-11-14(29-21-23-9-4-10-24-21)7-8-17(13)26-20(27)18-19(28-12-25-18)15-5-2-3-6-16(15)22/h2-12H,1H3,(H,26,27). The van der Waals surface area contributed by atoms with Crippen molar-refractivity contribution in [3.05, 3.63) is 83.6 Å². The van der Waals surface area contributed by atoms with Crippen molar-refractivity contribution in [2.75, 3.05) is 5.32 Å². The van der Waals surface area contributed by atoms with E-state index in [4.69, 9.17) is 20.8 Å². The van der Waals surface area contributed by atoms with Gasteiger partial charge in [-0.25, -0.2) is 15.0 Å². The number of ether oxygens (including phenoxy) is 1. The van der Waals surface area contributed by atoms with Gasteiger partial charge in [-0.2, -0.15) is 0 Å². The summed E-state index contributed by atoms with van der Waals surface area (Å²) >= 11 is 6.22. The first-order chi connectivity index (χ1) is 14.1. The maximum absolute atomic E-state index is 12.8. The minimum absolute atomic E-state index is 0.149. The molecule has 4 rings (SSSR count). The van der Waals surface area contributed by atoms with Gasteiger partial charge in [0.25, 0.3) is 5.91 Å². The molecule has 2 aromatic heterocycles. The largest absolute Gasteiger partial charge is 0.443 e. The van der Waals surface area contributed by atoms with Gasteiger partial charge in [-0.3, -0.25) is 4.79 Å². The number of halogens is 1. The molecule has 0 saturated heterocycles. The molecule has 4 aromatic rings. The molecule has 0 fully saturated rings. The Morgan fingerprint density at radius 3 is 2.62 bits per heavy atom. The van der Waals surface area contributed by atoms with E-state index >= 15 is 0 Å². The Labute approximate surface area is 171 Å². The van der Waals surface area contributed by atoms with Crippen LogP contribution in [0.4, 0.5) is 5.69 Å². The molecular weight excluding hydrogens is 392 g/mol. The van der Waals surface area contributed by atoms with Gasteiger partial charge < -0.3 is 14.5 Å². The fraction of sp³-hybridized carbons (Fsp3) is 0.0476. The summed E-state index contributed by atoms with van der Waals surface area (Å²) in [5, 5.41) is 3.31. The molecule has 0 saturated carbocycles. The molecule has 8 heteroatoms. The molecule has 0 spiro atoms. The number of carbonyl (C=O) groups is 1. The smallest absolute Gasteiger partial charge is 0.321 e. The van der Waals surface area contributed by atoms with Crippen LogP contribution in [0.2, 0.25) is 5.02 Å². The molecule has 0 atom stereocenters. The number of rotatable bonds is 5. The summed E-state index contributed by atoms with van der Waals surface area (Å²) in [6, 6.07) is 14.3. The number of benzene rings is 2. The van der Waals surface area contributed by atoms with Crippen molar-refractivity contribution in [1.82, 2.24) is 15.0 Å². The third-order valence-electron chi connectivity index (χ3n) is 4.10. The van der Waals surface area contributed by atoms with Crippen LogP contribution in [0.25, 0.3) is 11.3 Å². The molecule has 2 heterocycles. The van der Waals surface area contributed by atoms with Crippen molar-refractivity contribution in [2.45, 2.75) is 6.92 Å². The van der Waals surface area contributed by atoms with Crippen LogP contribution in [-0.4, -0.2) is 20.9 Å². The zero-order valence-corrected chi connectivity index (χ0v) is 16.1. The lowest BCUT2D eigenvalue weighted by molar-refractivity contribution is 0.102. The number of carbonyl (C=O) groups excluding carboxylic acids is 1.